The molecule has 1 fully saturated rings. The summed E-state index contributed by atoms with van der Waals surface area (Å²) in [6.07, 6.45) is 6.38. The van der Waals surface area contributed by atoms with Gasteiger partial charge in [0.15, 0.2) is 5.82 Å². The number of anilines is 1. The summed E-state index contributed by atoms with van der Waals surface area (Å²) >= 11 is 0. The van der Waals surface area contributed by atoms with E-state index in [0.717, 1.165) is 28.5 Å². The van der Waals surface area contributed by atoms with E-state index < -0.39 is 0 Å². The zero-order valence-electron chi connectivity index (χ0n) is 12.3. The number of hydrogen-bond acceptors (Lipinski definition) is 3. The minimum Gasteiger partial charge on any atom is -0.398 e. The number of nitrogen functional groups attached to an aromatic ring is 1. The van der Waals surface area contributed by atoms with Gasteiger partial charge in [0.2, 0.25) is 0 Å². The van der Waals surface area contributed by atoms with Gasteiger partial charge in [0.1, 0.15) is 5.82 Å². The number of nitrogens with zero attached hydrogens (tertiary/aromatic N) is 3. The van der Waals surface area contributed by atoms with E-state index in [1.807, 2.05) is 32.0 Å². The first kappa shape index (κ1) is 13.2. The third-order valence-electron chi connectivity index (χ3n) is 4.37. The standard InChI is InChI=1S/C16H22N4/c1-11-7-6-10-14(15(11)17)16-19-18-12(2)20(16)13-8-4-3-5-9-13/h6-7,10,13H,3-5,8-9,17H2,1-2H3. The summed E-state index contributed by atoms with van der Waals surface area (Å²) in [5, 5.41) is 8.69. The summed E-state index contributed by atoms with van der Waals surface area (Å²) in [7, 11) is 0. The van der Waals surface area contributed by atoms with Gasteiger partial charge < -0.3 is 10.3 Å². The predicted octanol–water partition coefficient (Wildman–Crippen LogP) is 3.65. The number of aryl methyl sites for hydroxylation is 2. The normalized spacial score (nSPS) is 16.5. The molecular weight excluding hydrogens is 248 g/mol. The first-order chi connectivity index (χ1) is 9.68. The molecule has 0 spiro atoms. The van der Waals surface area contributed by atoms with Gasteiger partial charge in [0.25, 0.3) is 0 Å². The van der Waals surface area contributed by atoms with Crippen LogP contribution in [0.3, 0.4) is 0 Å². The van der Waals surface area contributed by atoms with Crippen LogP contribution in [0.4, 0.5) is 5.69 Å². The molecule has 2 N–H and O–H groups in total. The molecule has 20 heavy (non-hydrogen) atoms. The number of hydrogen-bond donors (Lipinski definition) is 1. The van der Waals surface area contributed by atoms with Gasteiger partial charge >= 0.3 is 0 Å². The Labute approximate surface area is 120 Å². The third kappa shape index (κ3) is 2.19. The van der Waals surface area contributed by atoms with Crippen molar-refractivity contribution in [1.29, 1.82) is 0 Å². The number of rotatable bonds is 2. The Morgan fingerprint density at radius 1 is 1.10 bits per heavy atom. The van der Waals surface area contributed by atoms with Crippen molar-refractivity contribution in [2.24, 2.45) is 0 Å². The van der Waals surface area contributed by atoms with Crippen molar-refractivity contribution < 1.29 is 0 Å². The number of para-hydroxylation sites is 1. The van der Waals surface area contributed by atoms with Crippen LogP contribution in [-0.2, 0) is 0 Å². The molecule has 4 heteroatoms. The fourth-order valence-corrected chi connectivity index (χ4v) is 3.21. The summed E-state index contributed by atoms with van der Waals surface area (Å²) in [4.78, 5) is 0. The van der Waals surface area contributed by atoms with Gasteiger partial charge in [-0.3, -0.25) is 0 Å². The number of aromatic nitrogens is 3. The minimum absolute atomic E-state index is 0.522. The van der Waals surface area contributed by atoms with E-state index in [4.69, 9.17) is 5.73 Å². The Balaban J connectivity index is 2.08. The van der Waals surface area contributed by atoms with Gasteiger partial charge in [0.05, 0.1) is 0 Å². The second-order valence-corrected chi connectivity index (χ2v) is 5.77. The average molecular weight is 270 g/mol. The second-order valence-electron chi connectivity index (χ2n) is 5.77. The largest absolute Gasteiger partial charge is 0.398 e. The Hall–Kier alpha value is -1.84. The van der Waals surface area contributed by atoms with Gasteiger partial charge in [-0.05, 0) is 38.3 Å². The second kappa shape index (κ2) is 5.27. The highest BCUT2D eigenvalue weighted by atomic mass is 15.3. The lowest BCUT2D eigenvalue weighted by Gasteiger charge is -2.25. The lowest BCUT2D eigenvalue weighted by molar-refractivity contribution is 0.350. The van der Waals surface area contributed by atoms with Crippen molar-refractivity contribution in [3.8, 4) is 11.4 Å². The number of benzene rings is 1. The maximum atomic E-state index is 6.24. The molecule has 1 aromatic carbocycles. The minimum atomic E-state index is 0.522. The summed E-state index contributed by atoms with van der Waals surface area (Å²) in [6.45, 7) is 4.07. The van der Waals surface area contributed by atoms with Crippen molar-refractivity contribution in [1.82, 2.24) is 14.8 Å². The van der Waals surface area contributed by atoms with Gasteiger partial charge in [-0.1, -0.05) is 31.4 Å². The number of nitrogens with two attached hydrogens (primary N) is 1. The first-order valence-corrected chi connectivity index (χ1v) is 7.45. The van der Waals surface area contributed by atoms with Crippen molar-refractivity contribution in [2.75, 3.05) is 5.73 Å². The lowest BCUT2D eigenvalue weighted by Crippen LogP contribution is -2.15. The maximum Gasteiger partial charge on any atom is 0.166 e. The van der Waals surface area contributed by atoms with Crippen molar-refractivity contribution >= 4 is 5.69 Å². The smallest absolute Gasteiger partial charge is 0.166 e. The van der Waals surface area contributed by atoms with E-state index in [1.165, 1.54) is 32.1 Å². The van der Waals surface area contributed by atoms with Gasteiger partial charge in [0, 0.05) is 17.3 Å². The van der Waals surface area contributed by atoms with Crippen LogP contribution in [0.15, 0.2) is 18.2 Å². The first-order valence-electron chi connectivity index (χ1n) is 7.45. The molecule has 0 aliphatic heterocycles. The quantitative estimate of drug-likeness (QED) is 0.847. The highest BCUT2D eigenvalue weighted by molar-refractivity contribution is 5.74. The Bertz CT molecular complexity index is 609. The molecule has 0 unspecified atom stereocenters. The molecule has 1 aliphatic carbocycles. The Morgan fingerprint density at radius 2 is 1.85 bits per heavy atom. The van der Waals surface area contributed by atoms with Crippen LogP contribution < -0.4 is 5.73 Å². The summed E-state index contributed by atoms with van der Waals surface area (Å²) in [6, 6.07) is 6.64. The molecule has 1 aliphatic rings. The molecule has 1 saturated carbocycles. The topological polar surface area (TPSA) is 56.7 Å². The van der Waals surface area contributed by atoms with Gasteiger partial charge in [-0.15, -0.1) is 10.2 Å². The maximum absolute atomic E-state index is 6.24. The van der Waals surface area contributed by atoms with Crippen LogP contribution in [0, 0.1) is 13.8 Å². The van der Waals surface area contributed by atoms with E-state index >= 15 is 0 Å². The zero-order valence-corrected chi connectivity index (χ0v) is 12.3. The van der Waals surface area contributed by atoms with Crippen molar-refractivity contribution in [3.05, 3.63) is 29.6 Å². The third-order valence-corrected chi connectivity index (χ3v) is 4.37. The highest BCUT2D eigenvalue weighted by Gasteiger charge is 2.22. The fraction of sp³-hybridized carbons (Fsp3) is 0.500. The van der Waals surface area contributed by atoms with E-state index in [9.17, 15) is 0 Å². The van der Waals surface area contributed by atoms with Gasteiger partial charge in [-0.2, -0.15) is 0 Å². The van der Waals surface area contributed by atoms with Crippen LogP contribution in [-0.4, -0.2) is 14.8 Å². The molecule has 0 amide bonds. The molecule has 1 aromatic heterocycles. The molecular formula is C16H22N4. The molecule has 1 heterocycles. The zero-order chi connectivity index (χ0) is 14.1. The van der Waals surface area contributed by atoms with E-state index in [-0.39, 0.29) is 0 Å². The van der Waals surface area contributed by atoms with Crippen molar-refractivity contribution in [2.45, 2.75) is 52.0 Å². The highest BCUT2D eigenvalue weighted by Crippen LogP contribution is 2.34. The van der Waals surface area contributed by atoms with Crippen LogP contribution in [0.1, 0.15) is 49.5 Å². The average Bonchev–Trinajstić information content (AvgIpc) is 2.84. The lowest BCUT2D eigenvalue weighted by atomic mass is 9.94. The van der Waals surface area contributed by atoms with Gasteiger partial charge in [-0.25, -0.2) is 0 Å². The van der Waals surface area contributed by atoms with Crippen LogP contribution in [0.25, 0.3) is 11.4 Å². The van der Waals surface area contributed by atoms with Crippen LogP contribution in [0.5, 0.6) is 0 Å². The molecule has 4 nitrogen and oxygen atoms in total. The van der Waals surface area contributed by atoms with E-state index in [2.05, 4.69) is 14.8 Å². The Kier molecular flexibility index (Phi) is 3.47. The predicted molar refractivity (Wildman–Crippen MR) is 81.5 cm³/mol. The Morgan fingerprint density at radius 3 is 2.60 bits per heavy atom. The van der Waals surface area contributed by atoms with Crippen LogP contribution >= 0.6 is 0 Å². The summed E-state index contributed by atoms with van der Waals surface area (Å²) < 4.78 is 2.30. The van der Waals surface area contributed by atoms with Crippen molar-refractivity contribution in [3.63, 3.8) is 0 Å². The fourth-order valence-electron chi connectivity index (χ4n) is 3.21. The monoisotopic (exact) mass is 270 g/mol. The summed E-state index contributed by atoms with van der Waals surface area (Å²) in [5.74, 6) is 1.92. The molecule has 0 bridgehead atoms. The molecule has 0 atom stereocenters. The van der Waals surface area contributed by atoms with E-state index in [1.54, 1.807) is 0 Å². The SMILES string of the molecule is Cc1cccc(-c2nnc(C)n2C2CCCCC2)c1N. The molecule has 0 saturated heterocycles. The van der Waals surface area contributed by atoms with Crippen LogP contribution in [0.2, 0.25) is 0 Å². The van der Waals surface area contributed by atoms with E-state index in [0.29, 0.717) is 6.04 Å². The molecule has 0 radical (unpaired) electrons. The summed E-state index contributed by atoms with van der Waals surface area (Å²) in [5.41, 5.74) is 9.16. The molecule has 3 rings (SSSR count). The molecule has 106 valence electrons. The molecule has 2 aromatic rings.